The number of nitrogens with zero attached hydrogens (tertiary/aromatic N) is 3. The second-order valence-corrected chi connectivity index (χ2v) is 0.943. The van der Waals surface area contributed by atoms with Crippen LogP contribution in [-0.2, 0) is 0 Å². The monoisotopic (exact) mass is 97.0 g/mol. The summed E-state index contributed by atoms with van der Waals surface area (Å²) >= 11 is 0. The topological polar surface area (TPSA) is 77.8 Å². The van der Waals surface area contributed by atoms with Crippen molar-refractivity contribution in [1.29, 1.82) is 5.53 Å². The molecule has 0 aliphatic carbocycles. The maximum Gasteiger partial charge on any atom is 0.214 e. The van der Waals surface area contributed by atoms with E-state index in [2.05, 4.69) is 20.5 Å². The van der Waals surface area contributed by atoms with E-state index in [1.54, 1.807) is 0 Å². The predicted octanol–water partition coefficient (Wildman–Crippen LogP) is 0.467. The summed E-state index contributed by atoms with van der Waals surface area (Å²) in [6.07, 6.45) is 1.44. The number of hydrogen-bond acceptors (Lipinski definition) is 4. The third-order valence-corrected chi connectivity index (χ3v) is 0.518. The number of hydrogen-bond donors (Lipinski definition) is 2. The summed E-state index contributed by atoms with van der Waals surface area (Å²) in [5.74, 6) is 0.306. The minimum Gasteiger partial charge on any atom is -0.263 e. The first-order chi connectivity index (χ1) is 3.43. The smallest absolute Gasteiger partial charge is 0.214 e. The molecule has 36 valence electrons. The number of nitrogens with one attached hydrogen (secondary N) is 2. The molecule has 0 saturated heterocycles. The van der Waals surface area contributed by atoms with Gasteiger partial charge in [0.1, 0.15) is 0 Å². The molecule has 0 atom stereocenters. The number of aromatic nitrogens is 3. The fraction of sp³-hybridized carbons (Fsp3) is 0. The highest BCUT2D eigenvalue weighted by atomic mass is 15.4. The lowest BCUT2D eigenvalue weighted by Crippen LogP contribution is -1.63. The van der Waals surface area contributed by atoms with Gasteiger partial charge in [-0.05, 0) is 0 Å². The molecule has 0 amide bonds. The van der Waals surface area contributed by atoms with E-state index in [-0.39, 0.29) is 0 Å². The largest absolute Gasteiger partial charge is 0.263 e. The highest BCUT2D eigenvalue weighted by Gasteiger charge is 1.84. The van der Waals surface area contributed by atoms with Crippen LogP contribution < -0.4 is 0 Å². The van der Waals surface area contributed by atoms with E-state index >= 15 is 0 Å². The number of aromatic amines is 1. The summed E-state index contributed by atoms with van der Waals surface area (Å²) < 4.78 is 0. The lowest BCUT2D eigenvalue weighted by atomic mass is 10.8. The predicted molar refractivity (Wildman–Crippen MR) is 21.2 cm³/mol. The Labute approximate surface area is 39.3 Å². The van der Waals surface area contributed by atoms with Gasteiger partial charge in [-0.15, -0.1) is 10.2 Å². The molecule has 5 nitrogen and oxygen atoms in total. The van der Waals surface area contributed by atoms with Gasteiger partial charge in [-0.25, -0.2) is 5.53 Å². The maximum atomic E-state index is 6.36. The summed E-state index contributed by atoms with van der Waals surface area (Å²) in [6.45, 7) is 0. The second kappa shape index (κ2) is 1.46. The van der Waals surface area contributed by atoms with E-state index < -0.39 is 0 Å². The molecule has 0 radical (unpaired) electrons. The third kappa shape index (κ3) is 0.594. The van der Waals surface area contributed by atoms with Crippen molar-refractivity contribution in [1.82, 2.24) is 15.4 Å². The first-order valence-corrected chi connectivity index (χ1v) is 1.67. The van der Waals surface area contributed by atoms with Crippen LogP contribution in [0.5, 0.6) is 0 Å². The lowest BCUT2D eigenvalue weighted by Gasteiger charge is -1.64. The molecule has 0 bridgehead atoms. The van der Waals surface area contributed by atoms with Crippen LogP contribution in [0.2, 0.25) is 0 Å². The molecule has 0 aliphatic rings. The Bertz CT molecular complexity index is 141. The molecular weight excluding hydrogens is 94.1 g/mol. The molecule has 1 rings (SSSR count). The third-order valence-electron chi connectivity index (χ3n) is 0.518. The van der Waals surface area contributed by atoms with E-state index in [4.69, 9.17) is 5.53 Å². The fourth-order valence-electron chi connectivity index (χ4n) is 0.250. The van der Waals surface area contributed by atoms with Crippen LogP contribution in [0.4, 0.5) is 5.82 Å². The molecular formula is C2H3N5. The van der Waals surface area contributed by atoms with Crippen LogP contribution >= 0.6 is 0 Å². The van der Waals surface area contributed by atoms with Crippen molar-refractivity contribution in [3.8, 4) is 0 Å². The Hall–Kier alpha value is -1.26. The molecule has 1 aromatic rings. The second-order valence-electron chi connectivity index (χ2n) is 0.943. The van der Waals surface area contributed by atoms with Gasteiger partial charge in [-0.3, -0.25) is 5.10 Å². The van der Waals surface area contributed by atoms with Gasteiger partial charge in [-0.1, -0.05) is 5.21 Å². The van der Waals surface area contributed by atoms with Crippen molar-refractivity contribution in [3.63, 3.8) is 0 Å². The zero-order valence-corrected chi connectivity index (χ0v) is 3.42. The molecule has 5 heteroatoms. The molecule has 0 fully saturated rings. The summed E-state index contributed by atoms with van der Waals surface area (Å²) in [5, 5.41) is 12.1. The molecule has 1 aromatic heterocycles. The molecule has 1 heterocycles. The number of rotatable bonds is 1. The van der Waals surface area contributed by atoms with E-state index in [1.165, 1.54) is 6.20 Å². The van der Waals surface area contributed by atoms with Crippen LogP contribution in [0.3, 0.4) is 0 Å². The Morgan fingerprint density at radius 2 is 2.71 bits per heavy atom. The van der Waals surface area contributed by atoms with Crippen molar-refractivity contribution >= 4 is 5.82 Å². The highest BCUT2D eigenvalue weighted by molar-refractivity contribution is 5.15. The minimum absolute atomic E-state index is 0.306. The van der Waals surface area contributed by atoms with Gasteiger partial charge in [-0.2, -0.15) is 0 Å². The highest BCUT2D eigenvalue weighted by Crippen LogP contribution is 1.97. The molecule has 0 aliphatic heterocycles. The van der Waals surface area contributed by atoms with Gasteiger partial charge in [0.15, 0.2) is 0 Å². The Morgan fingerprint density at radius 3 is 3.00 bits per heavy atom. The van der Waals surface area contributed by atoms with Crippen molar-refractivity contribution < 1.29 is 0 Å². The molecule has 0 saturated carbocycles. The van der Waals surface area contributed by atoms with E-state index in [9.17, 15) is 0 Å². The summed E-state index contributed by atoms with van der Waals surface area (Å²) in [7, 11) is 0. The summed E-state index contributed by atoms with van der Waals surface area (Å²) in [5.41, 5.74) is 6.36. The SMILES string of the molecule is N=Nc1c[nH]nn1. The normalized spacial score (nSPS) is 8.57. The van der Waals surface area contributed by atoms with Crippen LogP contribution in [0, 0.1) is 5.53 Å². The first kappa shape index (κ1) is 3.91. The van der Waals surface area contributed by atoms with Gasteiger partial charge in [0, 0.05) is 0 Å². The van der Waals surface area contributed by atoms with Crippen molar-refractivity contribution in [2.45, 2.75) is 0 Å². The van der Waals surface area contributed by atoms with Gasteiger partial charge in [0.05, 0.1) is 6.20 Å². The summed E-state index contributed by atoms with van der Waals surface area (Å²) in [4.78, 5) is 0. The van der Waals surface area contributed by atoms with Crippen LogP contribution in [0.1, 0.15) is 0 Å². The van der Waals surface area contributed by atoms with Crippen molar-refractivity contribution in [2.24, 2.45) is 5.11 Å². The van der Waals surface area contributed by atoms with E-state index in [0.717, 1.165) is 0 Å². The molecule has 0 aromatic carbocycles. The number of H-pyrrole nitrogens is 1. The Morgan fingerprint density at radius 1 is 1.86 bits per heavy atom. The van der Waals surface area contributed by atoms with Gasteiger partial charge < -0.3 is 0 Å². The van der Waals surface area contributed by atoms with Gasteiger partial charge >= 0.3 is 0 Å². The first-order valence-electron chi connectivity index (χ1n) is 1.67. The van der Waals surface area contributed by atoms with Crippen molar-refractivity contribution in [3.05, 3.63) is 6.20 Å². The average molecular weight is 97.1 g/mol. The molecule has 2 N–H and O–H groups in total. The zero-order valence-electron chi connectivity index (χ0n) is 3.42. The maximum absolute atomic E-state index is 6.36. The lowest BCUT2D eigenvalue weighted by molar-refractivity contribution is 0.931. The zero-order chi connectivity index (χ0) is 5.11. The van der Waals surface area contributed by atoms with E-state index in [0.29, 0.717) is 5.82 Å². The molecule has 0 unspecified atom stereocenters. The van der Waals surface area contributed by atoms with E-state index in [1.807, 2.05) is 0 Å². The standard InChI is InChI=1S/C2H3N5/c3-5-2-1-4-7-6-2/h1,3H,(H,4,6,7). The van der Waals surface area contributed by atoms with Gasteiger partial charge in [0.2, 0.25) is 5.82 Å². The fourth-order valence-corrected chi connectivity index (χ4v) is 0.250. The molecule has 7 heavy (non-hydrogen) atoms. The van der Waals surface area contributed by atoms with Crippen molar-refractivity contribution in [2.75, 3.05) is 0 Å². The van der Waals surface area contributed by atoms with Crippen LogP contribution in [0.15, 0.2) is 11.3 Å². The van der Waals surface area contributed by atoms with Crippen LogP contribution in [0.25, 0.3) is 0 Å². The molecule has 0 spiro atoms. The quantitative estimate of drug-likeness (QED) is 0.499. The Balaban J connectivity index is 2.96. The Kier molecular flexibility index (Phi) is 0.816. The van der Waals surface area contributed by atoms with Crippen LogP contribution in [-0.4, -0.2) is 15.4 Å². The minimum atomic E-state index is 0.306. The van der Waals surface area contributed by atoms with Gasteiger partial charge in [0.25, 0.3) is 0 Å². The summed E-state index contributed by atoms with van der Waals surface area (Å²) in [6, 6.07) is 0. The average Bonchev–Trinajstić information content (AvgIpc) is 2.14.